The molecule has 1 unspecified atom stereocenters. The van der Waals surface area contributed by atoms with E-state index in [2.05, 4.69) is 46.5 Å². The van der Waals surface area contributed by atoms with Crippen LogP contribution >= 0.6 is 0 Å². The smallest absolute Gasteiger partial charge is 0.0372 e. The molecular weight excluding hydrogens is 246 g/mol. The zero-order valence-corrected chi connectivity index (χ0v) is 12.3. The van der Waals surface area contributed by atoms with Crippen molar-refractivity contribution in [3.63, 3.8) is 0 Å². The minimum absolute atomic E-state index is 0.371. The summed E-state index contributed by atoms with van der Waals surface area (Å²) in [5, 5.41) is 3.62. The maximum atomic E-state index is 4.41. The van der Waals surface area contributed by atoms with Crippen LogP contribution in [0.15, 0.2) is 42.9 Å². The van der Waals surface area contributed by atoms with Crippen molar-refractivity contribution in [1.29, 1.82) is 0 Å². The van der Waals surface area contributed by atoms with Crippen molar-refractivity contribution in [2.45, 2.75) is 39.2 Å². The largest absolute Gasteiger partial charge is 0.310 e. The molecule has 1 N–H and O–H groups in total. The van der Waals surface area contributed by atoms with Crippen LogP contribution in [0.5, 0.6) is 0 Å². The predicted octanol–water partition coefficient (Wildman–Crippen LogP) is 3.46. The summed E-state index contributed by atoms with van der Waals surface area (Å²) in [5.74, 6) is 0. The zero-order valence-electron chi connectivity index (χ0n) is 12.3. The molecule has 2 heterocycles. The Hall–Kier alpha value is -1.74. The Balaban J connectivity index is 2.01. The van der Waals surface area contributed by atoms with Crippen LogP contribution in [0, 0.1) is 6.92 Å². The average Bonchev–Trinajstić information content (AvgIpc) is 2.50. The van der Waals surface area contributed by atoms with Crippen LogP contribution < -0.4 is 5.32 Å². The van der Waals surface area contributed by atoms with E-state index in [9.17, 15) is 0 Å². The fraction of sp³-hybridized carbons (Fsp3) is 0.412. The van der Waals surface area contributed by atoms with Crippen LogP contribution in [0.2, 0.25) is 0 Å². The molecule has 0 aliphatic heterocycles. The standard InChI is InChI=1S/C17H23N3/c1-3-10-19-17(16-6-4-14(2)20-13-16)7-5-15-8-11-18-12-9-15/h4,6,8-9,11-13,17,19H,3,5,7,10H2,1-2H3. The second kappa shape index (κ2) is 7.75. The van der Waals surface area contributed by atoms with E-state index in [1.165, 1.54) is 11.1 Å². The van der Waals surface area contributed by atoms with E-state index in [0.717, 1.165) is 31.5 Å². The molecule has 0 fully saturated rings. The number of nitrogens with one attached hydrogen (secondary N) is 1. The van der Waals surface area contributed by atoms with Crippen LogP contribution in [0.4, 0.5) is 0 Å². The Morgan fingerprint density at radius 3 is 2.60 bits per heavy atom. The molecule has 0 bridgehead atoms. The van der Waals surface area contributed by atoms with Gasteiger partial charge in [0, 0.05) is 30.3 Å². The molecular formula is C17H23N3. The number of pyridine rings is 2. The Kier molecular flexibility index (Phi) is 5.69. The summed E-state index contributed by atoms with van der Waals surface area (Å²) >= 11 is 0. The number of hydrogen-bond acceptors (Lipinski definition) is 3. The highest BCUT2D eigenvalue weighted by Gasteiger charge is 2.11. The molecule has 0 saturated carbocycles. The zero-order chi connectivity index (χ0) is 14.2. The second-order valence-corrected chi connectivity index (χ2v) is 5.13. The van der Waals surface area contributed by atoms with Gasteiger partial charge in [-0.3, -0.25) is 9.97 Å². The average molecular weight is 269 g/mol. The third-order valence-electron chi connectivity index (χ3n) is 3.45. The number of aromatic nitrogens is 2. The molecule has 0 aliphatic carbocycles. The first kappa shape index (κ1) is 14.7. The summed E-state index contributed by atoms with van der Waals surface area (Å²) in [6.45, 7) is 5.25. The van der Waals surface area contributed by atoms with Crippen LogP contribution in [0.1, 0.15) is 42.6 Å². The van der Waals surface area contributed by atoms with Crippen LogP contribution in [0.25, 0.3) is 0 Å². The van der Waals surface area contributed by atoms with E-state index in [-0.39, 0.29) is 0 Å². The molecule has 0 saturated heterocycles. The molecule has 0 spiro atoms. The van der Waals surface area contributed by atoms with Gasteiger partial charge in [0.05, 0.1) is 0 Å². The summed E-state index contributed by atoms with van der Waals surface area (Å²) in [7, 11) is 0. The van der Waals surface area contributed by atoms with Gasteiger partial charge in [0.2, 0.25) is 0 Å². The number of hydrogen-bond donors (Lipinski definition) is 1. The van der Waals surface area contributed by atoms with Crippen molar-refractivity contribution < 1.29 is 0 Å². The summed E-state index contributed by atoms with van der Waals surface area (Å²) in [6.07, 6.45) is 8.99. The molecule has 20 heavy (non-hydrogen) atoms. The first-order chi connectivity index (χ1) is 9.79. The van der Waals surface area contributed by atoms with Gasteiger partial charge in [-0.1, -0.05) is 13.0 Å². The number of nitrogens with zero attached hydrogens (tertiary/aromatic N) is 2. The molecule has 0 amide bonds. The van der Waals surface area contributed by atoms with Gasteiger partial charge in [0.25, 0.3) is 0 Å². The van der Waals surface area contributed by atoms with Gasteiger partial charge in [0.15, 0.2) is 0 Å². The van der Waals surface area contributed by atoms with Crippen LogP contribution in [-0.2, 0) is 6.42 Å². The lowest BCUT2D eigenvalue weighted by Gasteiger charge is -2.19. The fourth-order valence-corrected chi connectivity index (χ4v) is 2.25. The maximum absolute atomic E-state index is 4.41. The molecule has 2 aromatic rings. The second-order valence-electron chi connectivity index (χ2n) is 5.13. The van der Waals surface area contributed by atoms with Gasteiger partial charge in [-0.25, -0.2) is 0 Å². The van der Waals surface area contributed by atoms with Gasteiger partial charge in [-0.05, 0) is 62.1 Å². The van der Waals surface area contributed by atoms with Crippen molar-refractivity contribution in [1.82, 2.24) is 15.3 Å². The molecule has 3 heteroatoms. The lowest BCUT2D eigenvalue weighted by atomic mass is 10.0. The van der Waals surface area contributed by atoms with E-state index in [0.29, 0.717) is 6.04 Å². The lowest BCUT2D eigenvalue weighted by Crippen LogP contribution is -2.23. The molecule has 0 aliphatic rings. The van der Waals surface area contributed by atoms with Gasteiger partial charge in [-0.15, -0.1) is 0 Å². The fourth-order valence-electron chi connectivity index (χ4n) is 2.25. The maximum Gasteiger partial charge on any atom is 0.0372 e. The monoisotopic (exact) mass is 269 g/mol. The Morgan fingerprint density at radius 1 is 1.15 bits per heavy atom. The highest BCUT2D eigenvalue weighted by molar-refractivity contribution is 5.18. The number of rotatable bonds is 7. The van der Waals surface area contributed by atoms with Crippen molar-refractivity contribution >= 4 is 0 Å². The summed E-state index contributed by atoms with van der Waals surface area (Å²) < 4.78 is 0. The van der Waals surface area contributed by atoms with E-state index in [4.69, 9.17) is 0 Å². The predicted molar refractivity (Wildman–Crippen MR) is 82.6 cm³/mol. The summed E-state index contributed by atoms with van der Waals surface area (Å²) in [5.41, 5.74) is 3.68. The van der Waals surface area contributed by atoms with Crippen LogP contribution in [-0.4, -0.2) is 16.5 Å². The molecule has 2 aromatic heterocycles. The van der Waals surface area contributed by atoms with Gasteiger partial charge in [0.1, 0.15) is 0 Å². The normalized spacial score (nSPS) is 12.3. The third-order valence-corrected chi connectivity index (χ3v) is 3.45. The molecule has 106 valence electrons. The van der Waals surface area contributed by atoms with Gasteiger partial charge < -0.3 is 5.32 Å². The summed E-state index contributed by atoms with van der Waals surface area (Å²) in [6, 6.07) is 8.82. The van der Waals surface area contributed by atoms with E-state index >= 15 is 0 Å². The quantitative estimate of drug-likeness (QED) is 0.836. The van der Waals surface area contributed by atoms with Gasteiger partial charge >= 0.3 is 0 Å². The molecule has 2 rings (SSSR count). The van der Waals surface area contributed by atoms with Crippen molar-refractivity contribution in [2.75, 3.05) is 6.54 Å². The Morgan fingerprint density at radius 2 is 1.95 bits per heavy atom. The molecule has 3 nitrogen and oxygen atoms in total. The molecule has 0 aromatic carbocycles. The topological polar surface area (TPSA) is 37.8 Å². The Labute approximate surface area is 121 Å². The lowest BCUT2D eigenvalue weighted by molar-refractivity contribution is 0.498. The summed E-state index contributed by atoms with van der Waals surface area (Å²) in [4.78, 5) is 8.48. The first-order valence-electron chi connectivity index (χ1n) is 7.34. The third kappa shape index (κ3) is 4.42. The first-order valence-corrected chi connectivity index (χ1v) is 7.34. The van der Waals surface area contributed by atoms with Crippen molar-refractivity contribution in [3.05, 3.63) is 59.7 Å². The minimum Gasteiger partial charge on any atom is -0.310 e. The minimum atomic E-state index is 0.371. The van der Waals surface area contributed by atoms with Crippen molar-refractivity contribution in [3.8, 4) is 0 Å². The number of aryl methyl sites for hydroxylation is 2. The van der Waals surface area contributed by atoms with Gasteiger partial charge in [-0.2, -0.15) is 0 Å². The van der Waals surface area contributed by atoms with Crippen molar-refractivity contribution in [2.24, 2.45) is 0 Å². The molecule has 0 radical (unpaired) electrons. The van der Waals surface area contributed by atoms with Crippen LogP contribution in [0.3, 0.4) is 0 Å². The van der Waals surface area contributed by atoms with E-state index in [1.807, 2.05) is 25.5 Å². The highest BCUT2D eigenvalue weighted by Crippen LogP contribution is 2.18. The Bertz CT molecular complexity index is 493. The SMILES string of the molecule is CCCNC(CCc1ccncc1)c1ccc(C)nc1. The molecule has 1 atom stereocenters. The van der Waals surface area contributed by atoms with E-state index < -0.39 is 0 Å². The van der Waals surface area contributed by atoms with E-state index in [1.54, 1.807) is 0 Å². The highest BCUT2D eigenvalue weighted by atomic mass is 14.9.